The molecule has 124 valence electrons. The molecule has 1 saturated heterocycles. The fourth-order valence-corrected chi connectivity index (χ4v) is 4.66. The summed E-state index contributed by atoms with van der Waals surface area (Å²) in [5.41, 5.74) is -0.0704. The van der Waals surface area contributed by atoms with Crippen molar-refractivity contribution in [3.8, 4) is 0 Å². The van der Waals surface area contributed by atoms with Gasteiger partial charge in [-0.25, -0.2) is 0 Å². The lowest BCUT2D eigenvalue weighted by Gasteiger charge is -2.39. The quantitative estimate of drug-likeness (QED) is 0.722. The topological polar surface area (TPSA) is 35.5 Å². The highest BCUT2D eigenvalue weighted by molar-refractivity contribution is 4.91. The van der Waals surface area contributed by atoms with Gasteiger partial charge in [0.1, 0.15) is 0 Å². The van der Waals surface area contributed by atoms with E-state index in [0.29, 0.717) is 6.04 Å². The first-order chi connectivity index (χ1) is 10.1. The standard InChI is InChI=1S/C18H36N2O/c1-4-18(14-21,19-15(2)3)11-7-13-20-12-6-9-16-8-5-10-17(16)20/h15-17,19,21H,4-14H2,1-3H3. The Morgan fingerprint density at radius 2 is 2.00 bits per heavy atom. The third kappa shape index (κ3) is 4.43. The summed E-state index contributed by atoms with van der Waals surface area (Å²) in [5, 5.41) is 13.4. The van der Waals surface area contributed by atoms with Crippen LogP contribution in [0.3, 0.4) is 0 Å². The lowest BCUT2D eigenvalue weighted by atomic mass is 9.88. The highest BCUT2D eigenvalue weighted by Gasteiger charge is 2.35. The maximum absolute atomic E-state index is 9.84. The van der Waals surface area contributed by atoms with E-state index in [1.165, 1.54) is 51.6 Å². The molecule has 1 aliphatic carbocycles. The number of aliphatic hydroxyl groups is 1. The van der Waals surface area contributed by atoms with Crippen molar-refractivity contribution in [2.75, 3.05) is 19.7 Å². The molecule has 0 bridgehead atoms. The van der Waals surface area contributed by atoms with Crippen LogP contribution < -0.4 is 5.32 Å². The highest BCUT2D eigenvalue weighted by Crippen LogP contribution is 2.36. The van der Waals surface area contributed by atoms with E-state index in [-0.39, 0.29) is 12.1 Å². The van der Waals surface area contributed by atoms with Gasteiger partial charge in [0.05, 0.1) is 6.61 Å². The largest absolute Gasteiger partial charge is 0.394 e. The van der Waals surface area contributed by atoms with Crippen LogP contribution in [0.5, 0.6) is 0 Å². The zero-order chi connectivity index (χ0) is 15.3. The van der Waals surface area contributed by atoms with Gasteiger partial charge in [-0.05, 0) is 64.0 Å². The van der Waals surface area contributed by atoms with Gasteiger partial charge in [0.15, 0.2) is 0 Å². The normalized spacial score (nSPS) is 29.6. The van der Waals surface area contributed by atoms with E-state index >= 15 is 0 Å². The predicted molar refractivity (Wildman–Crippen MR) is 89.5 cm³/mol. The summed E-state index contributed by atoms with van der Waals surface area (Å²) in [6.45, 7) is 9.33. The average Bonchev–Trinajstić information content (AvgIpc) is 2.95. The van der Waals surface area contributed by atoms with E-state index in [0.717, 1.165) is 24.8 Å². The summed E-state index contributed by atoms with van der Waals surface area (Å²) < 4.78 is 0. The van der Waals surface area contributed by atoms with E-state index in [1.807, 2.05) is 0 Å². The van der Waals surface area contributed by atoms with Crippen molar-refractivity contribution < 1.29 is 5.11 Å². The number of nitrogens with one attached hydrogen (secondary N) is 1. The van der Waals surface area contributed by atoms with Gasteiger partial charge in [0.2, 0.25) is 0 Å². The number of piperidine rings is 1. The Hall–Kier alpha value is -0.120. The van der Waals surface area contributed by atoms with Gasteiger partial charge in [-0.2, -0.15) is 0 Å². The Morgan fingerprint density at radius 3 is 2.67 bits per heavy atom. The molecule has 0 aromatic rings. The zero-order valence-electron chi connectivity index (χ0n) is 14.4. The third-order valence-corrected chi connectivity index (χ3v) is 5.78. The number of fused-ring (bicyclic) bond motifs is 1. The van der Waals surface area contributed by atoms with Crippen LogP contribution in [-0.2, 0) is 0 Å². The van der Waals surface area contributed by atoms with Crippen LogP contribution in [0.2, 0.25) is 0 Å². The summed E-state index contributed by atoms with van der Waals surface area (Å²) in [4.78, 5) is 2.76. The molecule has 0 radical (unpaired) electrons. The second-order valence-corrected chi connectivity index (χ2v) is 7.63. The Morgan fingerprint density at radius 1 is 1.24 bits per heavy atom. The molecule has 2 rings (SSSR count). The molecule has 0 aromatic carbocycles. The first kappa shape index (κ1) is 17.2. The number of hydrogen-bond acceptors (Lipinski definition) is 3. The molecule has 1 saturated carbocycles. The van der Waals surface area contributed by atoms with Gasteiger partial charge < -0.3 is 15.3 Å². The SMILES string of the molecule is CCC(CO)(CCCN1CCCC2CCCC21)NC(C)C. The number of rotatable bonds is 8. The average molecular weight is 296 g/mol. The minimum atomic E-state index is -0.0704. The molecule has 0 aromatic heterocycles. The van der Waals surface area contributed by atoms with Crippen LogP contribution in [0.4, 0.5) is 0 Å². The Balaban J connectivity index is 1.81. The molecule has 3 unspecified atom stereocenters. The van der Waals surface area contributed by atoms with E-state index in [2.05, 4.69) is 31.0 Å². The monoisotopic (exact) mass is 296 g/mol. The molecule has 0 spiro atoms. The van der Waals surface area contributed by atoms with E-state index < -0.39 is 0 Å². The predicted octanol–water partition coefficient (Wildman–Crippen LogP) is 3.17. The molecular weight excluding hydrogens is 260 g/mol. The third-order valence-electron chi connectivity index (χ3n) is 5.78. The molecule has 3 atom stereocenters. The maximum atomic E-state index is 9.84. The van der Waals surface area contributed by atoms with Crippen molar-refractivity contribution in [3.05, 3.63) is 0 Å². The van der Waals surface area contributed by atoms with E-state index in [9.17, 15) is 5.11 Å². The summed E-state index contributed by atoms with van der Waals surface area (Å²) >= 11 is 0. The van der Waals surface area contributed by atoms with Crippen LogP contribution in [0.1, 0.15) is 72.1 Å². The zero-order valence-corrected chi connectivity index (χ0v) is 14.4. The van der Waals surface area contributed by atoms with Crippen molar-refractivity contribution in [1.82, 2.24) is 10.2 Å². The van der Waals surface area contributed by atoms with Crippen molar-refractivity contribution in [3.63, 3.8) is 0 Å². The molecule has 21 heavy (non-hydrogen) atoms. The Bertz CT molecular complexity index is 302. The summed E-state index contributed by atoms with van der Waals surface area (Å²) in [6.07, 6.45) is 10.5. The van der Waals surface area contributed by atoms with Crippen LogP contribution in [-0.4, -0.2) is 47.3 Å². The van der Waals surface area contributed by atoms with Crippen molar-refractivity contribution in [2.24, 2.45) is 5.92 Å². The fourth-order valence-electron chi connectivity index (χ4n) is 4.66. The maximum Gasteiger partial charge on any atom is 0.0613 e. The summed E-state index contributed by atoms with van der Waals surface area (Å²) in [6, 6.07) is 1.31. The lowest BCUT2D eigenvalue weighted by molar-refractivity contribution is 0.0954. The first-order valence-corrected chi connectivity index (χ1v) is 9.23. The molecule has 1 aliphatic heterocycles. The summed E-state index contributed by atoms with van der Waals surface area (Å²) in [5.74, 6) is 0.987. The van der Waals surface area contributed by atoms with E-state index in [4.69, 9.17) is 0 Å². The van der Waals surface area contributed by atoms with Crippen LogP contribution in [0.15, 0.2) is 0 Å². The van der Waals surface area contributed by atoms with Gasteiger partial charge in [-0.15, -0.1) is 0 Å². The number of nitrogens with zero attached hydrogens (tertiary/aromatic N) is 1. The molecule has 3 nitrogen and oxygen atoms in total. The number of aliphatic hydroxyl groups excluding tert-OH is 1. The highest BCUT2D eigenvalue weighted by atomic mass is 16.3. The minimum absolute atomic E-state index is 0.0704. The molecule has 3 heteroatoms. The molecule has 1 heterocycles. The molecule has 2 fully saturated rings. The molecule has 2 aliphatic rings. The molecule has 2 N–H and O–H groups in total. The fraction of sp³-hybridized carbons (Fsp3) is 1.00. The number of likely N-dealkylation sites (tertiary alicyclic amines) is 1. The smallest absolute Gasteiger partial charge is 0.0613 e. The summed E-state index contributed by atoms with van der Waals surface area (Å²) in [7, 11) is 0. The Kier molecular flexibility index (Phi) is 6.51. The van der Waals surface area contributed by atoms with Crippen LogP contribution >= 0.6 is 0 Å². The van der Waals surface area contributed by atoms with Gasteiger partial charge >= 0.3 is 0 Å². The van der Waals surface area contributed by atoms with Gasteiger partial charge in [-0.1, -0.05) is 27.2 Å². The number of hydrogen-bond donors (Lipinski definition) is 2. The van der Waals surface area contributed by atoms with Crippen molar-refractivity contribution in [2.45, 2.75) is 89.8 Å². The van der Waals surface area contributed by atoms with Crippen molar-refractivity contribution in [1.29, 1.82) is 0 Å². The van der Waals surface area contributed by atoms with Crippen LogP contribution in [0.25, 0.3) is 0 Å². The molecular formula is C18H36N2O. The first-order valence-electron chi connectivity index (χ1n) is 9.23. The second kappa shape index (κ2) is 7.94. The van der Waals surface area contributed by atoms with Crippen molar-refractivity contribution >= 4 is 0 Å². The van der Waals surface area contributed by atoms with Gasteiger partial charge in [0.25, 0.3) is 0 Å². The van der Waals surface area contributed by atoms with Gasteiger partial charge in [-0.3, -0.25) is 0 Å². The van der Waals surface area contributed by atoms with Gasteiger partial charge in [0, 0.05) is 17.6 Å². The van der Waals surface area contributed by atoms with E-state index in [1.54, 1.807) is 0 Å². The lowest BCUT2D eigenvalue weighted by Crippen LogP contribution is -2.51. The van der Waals surface area contributed by atoms with Crippen LogP contribution in [0, 0.1) is 5.92 Å². The minimum Gasteiger partial charge on any atom is -0.394 e. The Labute approximate surface area is 131 Å². The molecule has 0 amide bonds. The second-order valence-electron chi connectivity index (χ2n) is 7.63.